The van der Waals surface area contributed by atoms with Crippen LogP contribution in [-0.2, 0) is 16.1 Å². The zero-order valence-electron chi connectivity index (χ0n) is 12.5. The normalized spacial score (nSPS) is 21.9. The summed E-state index contributed by atoms with van der Waals surface area (Å²) in [6, 6.07) is 8.68. The van der Waals surface area contributed by atoms with Gasteiger partial charge >= 0.3 is 0 Å². The highest BCUT2D eigenvalue weighted by Crippen LogP contribution is 2.26. The van der Waals surface area contributed by atoms with Crippen molar-refractivity contribution in [3.8, 4) is 0 Å². The lowest BCUT2D eigenvalue weighted by Gasteiger charge is -2.38. The van der Waals surface area contributed by atoms with Crippen molar-refractivity contribution >= 4 is 0 Å². The number of rotatable bonds is 6. The predicted octanol–water partition coefficient (Wildman–Crippen LogP) is 1.94. The maximum absolute atomic E-state index is 6.06. The van der Waals surface area contributed by atoms with Gasteiger partial charge in [0.2, 0.25) is 0 Å². The number of methoxy groups -OCH3 is 1. The summed E-state index contributed by atoms with van der Waals surface area (Å²) in [7, 11) is 1.73. The van der Waals surface area contributed by atoms with Crippen molar-refractivity contribution in [2.24, 2.45) is 5.73 Å². The van der Waals surface area contributed by atoms with Gasteiger partial charge in [0.05, 0.1) is 19.3 Å². The van der Waals surface area contributed by atoms with Crippen LogP contribution in [0.2, 0.25) is 0 Å². The van der Waals surface area contributed by atoms with Gasteiger partial charge in [-0.15, -0.1) is 0 Å². The Morgan fingerprint density at radius 2 is 2.25 bits per heavy atom. The van der Waals surface area contributed by atoms with Gasteiger partial charge in [-0.3, -0.25) is 4.90 Å². The van der Waals surface area contributed by atoms with Gasteiger partial charge in [0.15, 0.2) is 0 Å². The number of nitrogens with two attached hydrogens (primary N) is 1. The largest absolute Gasteiger partial charge is 0.380 e. The molecule has 0 amide bonds. The second-order valence-corrected chi connectivity index (χ2v) is 5.28. The van der Waals surface area contributed by atoms with Gasteiger partial charge in [0.25, 0.3) is 0 Å². The van der Waals surface area contributed by atoms with Gasteiger partial charge in [0.1, 0.15) is 0 Å². The van der Waals surface area contributed by atoms with E-state index in [2.05, 4.69) is 36.1 Å². The maximum atomic E-state index is 6.06. The summed E-state index contributed by atoms with van der Waals surface area (Å²) >= 11 is 0. The summed E-state index contributed by atoms with van der Waals surface area (Å²) < 4.78 is 11.1. The first-order chi connectivity index (χ1) is 9.80. The molecule has 1 aromatic rings. The Balaban J connectivity index is 2.18. The second kappa shape index (κ2) is 7.74. The Labute approximate surface area is 121 Å². The lowest BCUT2D eigenvalue weighted by Crippen LogP contribution is -2.46. The zero-order valence-corrected chi connectivity index (χ0v) is 12.5. The van der Waals surface area contributed by atoms with Crippen LogP contribution in [-0.4, -0.2) is 44.4 Å². The monoisotopic (exact) mass is 278 g/mol. The standard InChI is InChI=1S/C16H26N2O2/c1-3-14-11-18(8-9-20-14)16(10-17)15-7-5-4-6-13(15)12-19-2/h4-7,14,16H,3,8-12,17H2,1-2H3. The van der Waals surface area contributed by atoms with E-state index in [1.807, 2.05) is 0 Å². The topological polar surface area (TPSA) is 47.7 Å². The van der Waals surface area contributed by atoms with Crippen LogP contribution in [0.25, 0.3) is 0 Å². The van der Waals surface area contributed by atoms with Crippen molar-refractivity contribution in [3.05, 3.63) is 35.4 Å². The van der Waals surface area contributed by atoms with E-state index >= 15 is 0 Å². The van der Waals surface area contributed by atoms with Crippen LogP contribution in [0.5, 0.6) is 0 Å². The van der Waals surface area contributed by atoms with Gasteiger partial charge in [-0.2, -0.15) is 0 Å². The summed E-state index contributed by atoms with van der Waals surface area (Å²) in [5.41, 5.74) is 8.58. The zero-order chi connectivity index (χ0) is 14.4. The van der Waals surface area contributed by atoms with E-state index in [1.165, 1.54) is 11.1 Å². The summed E-state index contributed by atoms with van der Waals surface area (Å²) in [5.74, 6) is 0. The summed E-state index contributed by atoms with van der Waals surface area (Å²) in [6.07, 6.45) is 1.38. The van der Waals surface area contributed by atoms with E-state index in [4.69, 9.17) is 15.2 Å². The van der Waals surface area contributed by atoms with Crippen molar-refractivity contribution in [1.82, 2.24) is 4.90 Å². The van der Waals surface area contributed by atoms with Crippen molar-refractivity contribution in [2.75, 3.05) is 33.4 Å². The maximum Gasteiger partial charge on any atom is 0.0716 e. The number of benzene rings is 1. The van der Waals surface area contributed by atoms with Gasteiger partial charge in [-0.25, -0.2) is 0 Å². The van der Waals surface area contributed by atoms with Crippen molar-refractivity contribution in [3.63, 3.8) is 0 Å². The van der Waals surface area contributed by atoms with Gasteiger partial charge in [-0.05, 0) is 17.5 Å². The molecule has 1 aliphatic heterocycles. The lowest BCUT2D eigenvalue weighted by atomic mass is 9.98. The summed E-state index contributed by atoms with van der Waals surface area (Å²) in [6.45, 7) is 6.12. The number of morpholine rings is 1. The second-order valence-electron chi connectivity index (χ2n) is 5.28. The molecule has 4 heteroatoms. The minimum absolute atomic E-state index is 0.249. The average molecular weight is 278 g/mol. The van der Waals surface area contributed by atoms with Crippen molar-refractivity contribution in [1.29, 1.82) is 0 Å². The van der Waals surface area contributed by atoms with E-state index in [0.717, 1.165) is 26.1 Å². The van der Waals surface area contributed by atoms with E-state index in [0.29, 0.717) is 19.3 Å². The first-order valence-electron chi connectivity index (χ1n) is 7.42. The molecule has 2 N–H and O–H groups in total. The number of nitrogens with zero attached hydrogens (tertiary/aromatic N) is 1. The highest BCUT2D eigenvalue weighted by molar-refractivity contribution is 5.30. The molecule has 112 valence electrons. The van der Waals surface area contributed by atoms with Crippen LogP contribution in [0.15, 0.2) is 24.3 Å². The lowest BCUT2D eigenvalue weighted by molar-refractivity contribution is -0.0439. The fourth-order valence-corrected chi connectivity index (χ4v) is 2.89. The minimum Gasteiger partial charge on any atom is -0.380 e. The Kier molecular flexibility index (Phi) is 5.98. The molecule has 2 rings (SSSR count). The molecule has 0 radical (unpaired) electrons. The molecule has 1 aromatic carbocycles. The minimum atomic E-state index is 0.249. The molecular weight excluding hydrogens is 252 g/mol. The van der Waals surface area contributed by atoms with E-state index < -0.39 is 0 Å². The first kappa shape index (κ1) is 15.4. The van der Waals surface area contributed by atoms with Crippen molar-refractivity contribution < 1.29 is 9.47 Å². The Morgan fingerprint density at radius 3 is 2.95 bits per heavy atom. The fourth-order valence-electron chi connectivity index (χ4n) is 2.89. The molecule has 0 aromatic heterocycles. The smallest absolute Gasteiger partial charge is 0.0716 e. The van der Waals surface area contributed by atoms with E-state index in [1.54, 1.807) is 7.11 Å². The third-order valence-corrected chi connectivity index (χ3v) is 4.00. The van der Waals surface area contributed by atoms with E-state index in [-0.39, 0.29) is 6.04 Å². The third kappa shape index (κ3) is 3.58. The summed E-state index contributed by atoms with van der Waals surface area (Å²) in [4.78, 5) is 2.45. The molecule has 0 saturated carbocycles. The van der Waals surface area contributed by atoms with Gasteiger partial charge in [0, 0.05) is 32.8 Å². The molecule has 20 heavy (non-hydrogen) atoms. The molecule has 2 atom stereocenters. The van der Waals surface area contributed by atoms with Gasteiger partial charge < -0.3 is 15.2 Å². The molecule has 0 aliphatic carbocycles. The molecule has 1 fully saturated rings. The van der Waals surface area contributed by atoms with Crippen LogP contribution >= 0.6 is 0 Å². The van der Waals surface area contributed by atoms with Crippen LogP contribution < -0.4 is 5.73 Å². The predicted molar refractivity (Wildman–Crippen MR) is 80.6 cm³/mol. The van der Waals surface area contributed by atoms with Crippen LogP contribution in [0.4, 0.5) is 0 Å². The number of ether oxygens (including phenoxy) is 2. The quantitative estimate of drug-likeness (QED) is 0.864. The average Bonchev–Trinajstić information content (AvgIpc) is 2.50. The fraction of sp³-hybridized carbons (Fsp3) is 0.625. The van der Waals surface area contributed by atoms with Gasteiger partial charge in [-0.1, -0.05) is 31.2 Å². The SMILES string of the molecule is CCC1CN(C(CN)c2ccccc2COC)CCO1. The van der Waals surface area contributed by atoms with Crippen LogP contribution in [0.1, 0.15) is 30.5 Å². The molecule has 0 bridgehead atoms. The molecule has 2 unspecified atom stereocenters. The highest BCUT2D eigenvalue weighted by Gasteiger charge is 2.26. The molecule has 1 aliphatic rings. The molecule has 1 saturated heterocycles. The van der Waals surface area contributed by atoms with E-state index in [9.17, 15) is 0 Å². The van der Waals surface area contributed by atoms with Crippen LogP contribution in [0, 0.1) is 0 Å². The van der Waals surface area contributed by atoms with Crippen LogP contribution in [0.3, 0.4) is 0 Å². The molecule has 1 heterocycles. The molecule has 0 spiro atoms. The summed E-state index contributed by atoms with van der Waals surface area (Å²) in [5, 5.41) is 0. The molecule has 4 nitrogen and oxygen atoms in total. The van der Waals surface area contributed by atoms with Crippen molar-refractivity contribution in [2.45, 2.75) is 32.1 Å². The Morgan fingerprint density at radius 1 is 1.45 bits per heavy atom. The highest BCUT2D eigenvalue weighted by atomic mass is 16.5. The Hall–Kier alpha value is -0.940. The Bertz CT molecular complexity index is 411. The third-order valence-electron chi connectivity index (χ3n) is 4.00. The first-order valence-corrected chi connectivity index (χ1v) is 7.42. The molecular formula is C16H26N2O2. The number of hydrogen-bond donors (Lipinski definition) is 1. The number of hydrogen-bond acceptors (Lipinski definition) is 4.